The van der Waals surface area contributed by atoms with Gasteiger partial charge in [-0.3, -0.25) is 4.79 Å². The number of rotatable bonds is 4. The second-order valence-electron chi connectivity index (χ2n) is 5.75. The number of fused-ring (bicyclic) bond motifs is 1. The van der Waals surface area contributed by atoms with E-state index in [0.29, 0.717) is 18.0 Å². The maximum atomic E-state index is 11.2. The van der Waals surface area contributed by atoms with E-state index >= 15 is 0 Å². The fourth-order valence-corrected chi connectivity index (χ4v) is 3.16. The molecule has 3 rings (SSSR count). The van der Waals surface area contributed by atoms with E-state index < -0.39 is 0 Å². The van der Waals surface area contributed by atoms with Crippen molar-refractivity contribution in [3.63, 3.8) is 0 Å². The highest BCUT2D eigenvalue weighted by Gasteiger charge is 2.22. The molecule has 1 fully saturated rings. The summed E-state index contributed by atoms with van der Waals surface area (Å²) in [6.45, 7) is 0.660. The van der Waals surface area contributed by atoms with E-state index in [0.717, 1.165) is 36.3 Å². The normalized spacial score (nSPS) is 20.8. The average Bonchev–Trinajstić information content (AvgIpc) is 2.89. The Bertz CT molecular complexity index is 587. The molecule has 1 aliphatic carbocycles. The molecule has 0 aromatic carbocycles. The van der Waals surface area contributed by atoms with Gasteiger partial charge >= 0.3 is 0 Å². The molecule has 1 aliphatic heterocycles. The highest BCUT2D eigenvalue weighted by Crippen LogP contribution is 2.25. The summed E-state index contributed by atoms with van der Waals surface area (Å²) in [7, 11) is 0. The third kappa shape index (κ3) is 3.15. The first-order valence-electron chi connectivity index (χ1n) is 7.49. The number of pyridine rings is 1. The zero-order valence-corrected chi connectivity index (χ0v) is 12.8. The lowest BCUT2D eigenvalue weighted by Gasteiger charge is -2.20. The van der Waals surface area contributed by atoms with Crippen LogP contribution in [0.15, 0.2) is 6.07 Å². The second kappa shape index (κ2) is 5.97. The lowest BCUT2D eigenvalue weighted by Crippen LogP contribution is -2.32. The lowest BCUT2D eigenvalue weighted by atomic mass is 9.94. The SMILES string of the molecule is NC(=S)c1cc2c(nc1NCC1CCC(=O)N1)CCCC2. The van der Waals surface area contributed by atoms with Crippen molar-refractivity contribution >= 4 is 28.9 Å². The van der Waals surface area contributed by atoms with Crippen LogP contribution in [0.3, 0.4) is 0 Å². The van der Waals surface area contributed by atoms with E-state index in [1.165, 1.54) is 18.4 Å². The minimum Gasteiger partial charge on any atom is -0.389 e. The molecule has 21 heavy (non-hydrogen) atoms. The predicted octanol–water partition coefficient (Wildman–Crippen LogP) is 1.29. The summed E-state index contributed by atoms with van der Waals surface area (Å²) in [6.07, 6.45) is 5.92. The molecule has 0 saturated carbocycles. The quantitative estimate of drug-likeness (QED) is 0.730. The molecule has 0 radical (unpaired) electrons. The van der Waals surface area contributed by atoms with Gasteiger partial charge in [0.1, 0.15) is 10.8 Å². The van der Waals surface area contributed by atoms with E-state index in [1.54, 1.807) is 0 Å². The maximum Gasteiger partial charge on any atom is 0.220 e. The summed E-state index contributed by atoms with van der Waals surface area (Å²) in [5, 5.41) is 6.26. The van der Waals surface area contributed by atoms with E-state index in [1.807, 2.05) is 0 Å². The molecule has 0 bridgehead atoms. The number of hydrogen-bond acceptors (Lipinski definition) is 4. The molecule has 6 heteroatoms. The van der Waals surface area contributed by atoms with Crippen LogP contribution in [-0.4, -0.2) is 28.5 Å². The first kappa shape index (κ1) is 14.3. The Kier molecular flexibility index (Phi) is 4.05. The van der Waals surface area contributed by atoms with Crippen molar-refractivity contribution in [3.05, 3.63) is 22.9 Å². The molecular weight excluding hydrogens is 284 g/mol. The van der Waals surface area contributed by atoms with Crippen LogP contribution in [0.1, 0.15) is 42.5 Å². The van der Waals surface area contributed by atoms with Crippen molar-refractivity contribution < 1.29 is 4.79 Å². The van der Waals surface area contributed by atoms with E-state index in [2.05, 4.69) is 16.7 Å². The fourth-order valence-electron chi connectivity index (χ4n) is 3.01. The molecule has 4 N–H and O–H groups in total. The predicted molar refractivity (Wildman–Crippen MR) is 86.4 cm³/mol. The summed E-state index contributed by atoms with van der Waals surface area (Å²) in [6, 6.07) is 2.24. The van der Waals surface area contributed by atoms with Crippen LogP contribution < -0.4 is 16.4 Å². The standard InChI is InChI=1S/C15H20N4OS/c16-14(21)11-7-9-3-1-2-4-12(9)19-15(11)17-8-10-5-6-13(20)18-10/h7,10H,1-6,8H2,(H2,16,21)(H,17,19)(H,18,20). The lowest BCUT2D eigenvalue weighted by molar-refractivity contribution is -0.119. The minimum atomic E-state index is 0.120. The van der Waals surface area contributed by atoms with Crippen LogP contribution in [0.5, 0.6) is 0 Å². The highest BCUT2D eigenvalue weighted by molar-refractivity contribution is 7.80. The smallest absolute Gasteiger partial charge is 0.220 e. The first-order valence-corrected chi connectivity index (χ1v) is 7.90. The largest absolute Gasteiger partial charge is 0.389 e. The van der Waals surface area contributed by atoms with Crippen LogP contribution in [0.25, 0.3) is 0 Å². The molecule has 0 spiro atoms. The van der Waals surface area contributed by atoms with Gasteiger partial charge in [0, 0.05) is 24.7 Å². The number of aryl methyl sites for hydroxylation is 2. The first-order chi connectivity index (χ1) is 10.1. The second-order valence-corrected chi connectivity index (χ2v) is 6.19. The maximum absolute atomic E-state index is 11.2. The Hall–Kier alpha value is -1.69. The van der Waals surface area contributed by atoms with E-state index in [4.69, 9.17) is 22.9 Å². The Labute approximate surface area is 129 Å². The van der Waals surface area contributed by atoms with Crippen LogP contribution in [-0.2, 0) is 17.6 Å². The highest BCUT2D eigenvalue weighted by atomic mass is 32.1. The molecule has 2 heterocycles. The number of hydrogen-bond donors (Lipinski definition) is 3. The number of carbonyl (C=O) groups is 1. The van der Waals surface area contributed by atoms with Crippen LogP contribution in [0.2, 0.25) is 0 Å². The van der Waals surface area contributed by atoms with Crippen molar-refractivity contribution in [3.8, 4) is 0 Å². The Balaban J connectivity index is 1.79. The van der Waals surface area contributed by atoms with Gasteiger partial charge in [0.05, 0.1) is 5.56 Å². The number of carbonyl (C=O) groups excluding carboxylic acids is 1. The zero-order chi connectivity index (χ0) is 14.8. The van der Waals surface area contributed by atoms with Crippen molar-refractivity contribution in [1.82, 2.24) is 10.3 Å². The number of nitrogens with one attached hydrogen (secondary N) is 2. The summed E-state index contributed by atoms with van der Waals surface area (Å²) < 4.78 is 0. The van der Waals surface area contributed by atoms with Gasteiger partial charge in [-0.15, -0.1) is 0 Å². The van der Waals surface area contributed by atoms with Crippen molar-refractivity contribution in [2.75, 3.05) is 11.9 Å². The molecular formula is C15H20N4OS. The molecule has 1 amide bonds. The van der Waals surface area contributed by atoms with Gasteiger partial charge in [0.25, 0.3) is 0 Å². The molecule has 1 aromatic heterocycles. The average molecular weight is 304 g/mol. The summed E-state index contributed by atoms with van der Waals surface area (Å²) in [5.41, 5.74) is 9.07. The van der Waals surface area contributed by atoms with Crippen LogP contribution in [0, 0.1) is 0 Å². The third-order valence-corrected chi connectivity index (χ3v) is 4.39. The van der Waals surface area contributed by atoms with Crippen molar-refractivity contribution in [2.45, 2.75) is 44.6 Å². The molecule has 2 aliphatic rings. The van der Waals surface area contributed by atoms with Gasteiger partial charge in [-0.1, -0.05) is 12.2 Å². The summed E-state index contributed by atoms with van der Waals surface area (Å²) >= 11 is 5.15. The van der Waals surface area contributed by atoms with Gasteiger partial charge in [-0.2, -0.15) is 0 Å². The minimum absolute atomic E-state index is 0.120. The van der Waals surface area contributed by atoms with Crippen LogP contribution >= 0.6 is 12.2 Å². The molecule has 1 aromatic rings. The molecule has 1 unspecified atom stereocenters. The molecule has 1 saturated heterocycles. The van der Waals surface area contributed by atoms with Crippen molar-refractivity contribution in [2.24, 2.45) is 5.73 Å². The van der Waals surface area contributed by atoms with E-state index in [9.17, 15) is 4.79 Å². The topological polar surface area (TPSA) is 80.0 Å². The molecule has 5 nitrogen and oxygen atoms in total. The Morgan fingerprint density at radius 3 is 2.95 bits per heavy atom. The van der Waals surface area contributed by atoms with Gasteiger partial charge < -0.3 is 16.4 Å². The summed E-state index contributed by atoms with van der Waals surface area (Å²) in [4.78, 5) is 16.3. The number of thiocarbonyl (C=S) groups is 1. The summed E-state index contributed by atoms with van der Waals surface area (Å²) in [5.74, 6) is 0.874. The van der Waals surface area contributed by atoms with Crippen LogP contribution in [0.4, 0.5) is 5.82 Å². The Morgan fingerprint density at radius 1 is 1.43 bits per heavy atom. The van der Waals surface area contributed by atoms with Crippen molar-refractivity contribution in [1.29, 1.82) is 0 Å². The molecule has 112 valence electrons. The molecule has 1 atom stereocenters. The monoisotopic (exact) mass is 304 g/mol. The van der Waals surface area contributed by atoms with Gasteiger partial charge in [-0.25, -0.2) is 4.98 Å². The fraction of sp³-hybridized carbons (Fsp3) is 0.533. The van der Waals surface area contributed by atoms with E-state index in [-0.39, 0.29) is 11.9 Å². The van der Waals surface area contributed by atoms with Gasteiger partial charge in [0.2, 0.25) is 5.91 Å². The number of nitrogens with zero attached hydrogens (tertiary/aromatic N) is 1. The number of aromatic nitrogens is 1. The number of anilines is 1. The van der Waals surface area contributed by atoms with Gasteiger partial charge in [-0.05, 0) is 43.7 Å². The Morgan fingerprint density at radius 2 is 2.24 bits per heavy atom. The number of amides is 1. The third-order valence-electron chi connectivity index (χ3n) is 4.17. The number of nitrogens with two attached hydrogens (primary N) is 1. The zero-order valence-electron chi connectivity index (χ0n) is 11.9. The van der Waals surface area contributed by atoms with Gasteiger partial charge in [0.15, 0.2) is 0 Å².